The molecule has 1 atom stereocenters. The summed E-state index contributed by atoms with van der Waals surface area (Å²) in [5, 5.41) is 4.87. The van der Waals surface area contributed by atoms with Crippen LogP contribution in [0, 0.1) is 13.8 Å². The molecule has 0 unspecified atom stereocenters. The predicted octanol–water partition coefficient (Wildman–Crippen LogP) is 3.71. The Hall–Kier alpha value is -2.41. The Kier molecular flexibility index (Phi) is 4.45. The number of nitrogens with zero attached hydrogens (tertiary/aromatic N) is 2. The first kappa shape index (κ1) is 18.9. The Balaban J connectivity index is 1.62. The van der Waals surface area contributed by atoms with Gasteiger partial charge in [0.15, 0.2) is 5.78 Å². The van der Waals surface area contributed by atoms with Gasteiger partial charge in [0.2, 0.25) is 0 Å². The van der Waals surface area contributed by atoms with E-state index in [0.717, 1.165) is 39.6 Å². The standard InChI is InChI=1S/C21H25N3O3S/c1-12(2)24-13(3)10-15(14(24)4)17(25)11-23-19(26)21(22-20(23)27)8-5-6-18-16(21)7-9-28-18/h7,9-10,12H,5-6,8,11H2,1-4H3,(H,22,27)/t21-/m1/s1. The summed E-state index contributed by atoms with van der Waals surface area (Å²) in [6.45, 7) is 7.78. The van der Waals surface area contributed by atoms with Crippen molar-refractivity contribution in [1.82, 2.24) is 14.8 Å². The fraction of sp³-hybridized carbons (Fsp3) is 0.476. The number of urea groups is 1. The van der Waals surface area contributed by atoms with Crippen molar-refractivity contribution in [1.29, 1.82) is 0 Å². The van der Waals surface area contributed by atoms with E-state index in [1.165, 1.54) is 0 Å². The minimum absolute atomic E-state index is 0.207. The highest BCUT2D eigenvalue weighted by Crippen LogP contribution is 2.42. The van der Waals surface area contributed by atoms with Gasteiger partial charge in [-0.2, -0.15) is 0 Å². The highest BCUT2D eigenvalue weighted by molar-refractivity contribution is 7.10. The second-order valence-electron chi connectivity index (χ2n) is 8.01. The average molecular weight is 400 g/mol. The number of aromatic nitrogens is 1. The first-order valence-corrected chi connectivity index (χ1v) is 10.6. The van der Waals surface area contributed by atoms with Crippen LogP contribution in [-0.4, -0.2) is 33.7 Å². The molecule has 1 aliphatic heterocycles. The second-order valence-corrected chi connectivity index (χ2v) is 9.01. The molecular weight excluding hydrogens is 374 g/mol. The minimum atomic E-state index is -1.00. The van der Waals surface area contributed by atoms with E-state index in [9.17, 15) is 14.4 Å². The number of Topliss-reactive ketones (excluding diaryl/α,β-unsaturated/α-hetero) is 1. The molecular formula is C21H25N3O3S. The number of rotatable bonds is 4. The van der Waals surface area contributed by atoms with Crippen LogP contribution < -0.4 is 5.32 Å². The van der Waals surface area contributed by atoms with Crippen molar-refractivity contribution in [2.75, 3.05) is 6.54 Å². The summed E-state index contributed by atoms with van der Waals surface area (Å²) in [6.07, 6.45) is 2.35. The molecule has 1 aliphatic carbocycles. The number of aryl methyl sites for hydroxylation is 2. The summed E-state index contributed by atoms with van der Waals surface area (Å²) in [6, 6.07) is 3.54. The molecule has 3 amide bonds. The van der Waals surface area contributed by atoms with Gasteiger partial charge in [-0.1, -0.05) is 0 Å². The van der Waals surface area contributed by atoms with Crippen LogP contribution in [0.1, 0.15) is 64.9 Å². The predicted molar refractivity (Wildman–Crippen MR) is 108 cm³/mol. The number of thiophene rings is 1. The number of nitrogens with one attached hydrogen (secondary N) is 1. The van der Waals surface area contributed by atoms with Gasteiger partial charge >= 0.3 is 6.03 Å². The zero-order valence-electron chi connectivity index (χ0n) is 16.7. The Morgan fingerprint density at radius 2 is 2.07 bits per heavy atom. The maximum atomic E-state index is 13.3. The van der Waals surface area contributed by atoms with E-state index in [4.69, 9.17) is 0 Å². The Morgan fingerprint density at radius 3 is 2.75 bits per heavy atom. The monoisotopic (exact) mass is 399 g/mol. The zero-order chi connectivity index (χ0) is 20.2. The summed E-state index contributed by atoms with van der Waals surface area (Å²) in [5.74, 6) is -0.509. The number of carbonyl (C=O) groups is 3. The largest absolute Gasteiger partial charge is 0.346 e. The van der Waals surface area contributed by atoms with Crippen molar-refractivity contribution in [3.05, 3.63) is 44.9 Å². The van der Waals surface area contributed by atoms with Gasteiger partial charge in [-0.15, -0.1) is 11.3 Å². The molecule has 2 aromatic heterocycles. The third-order valence-corrected chi connectivity index (χ3v) is 6.92. The van der Waals surface area contributed by atoms with Crippen LogP contribution in [-0.2, 0) is 16.8 Å². The van der Waals surface area contributed by atoms with E-state index in [0.29, 0.717) is 12.0 Å². The normalized spacial score (nSPS) is 21.5. The summed E-state index contributed by atoms with van der Waals surface area (Å²) >= 11 is 1.62. The number of fused-ring (bicyclic) bond motifs is 2. The maximum Gasteiger partial charge on any atom is 0.325 e. The van der Waals surface area contributed by atoms with Gasteiger partial charge in [0.25, 0.3) is 5.91 Å². The molecule has 1 spiro atoms. The van der Waals surface area contributed by atoms with Crippen LogP contribution in [0.2, 0.25) is 0 Å². The average Bonchev–Trinajstić information content (AvgIpc) is 3.28. The lowest BCUT2D eigenvalue weighted by Gasteiger charge is -2.31. The van der Waals surface area contributed by atoms with Gasteiger partial charge in [0, 0.05) is 33.4 Å². The van der Waals surface area contributed by atoms with E-state index < -0.39 is 11.6 Å². The molecule has 0 saturated carbocycles. The van der Waals surface area contributed by atoms with Gasteiger partial charge in [-0.3, -0.25) is 14.5 Å². The van der Waals surface area contributed by atoms with Crippen LogP contribution in [0.15, 0.2) is 17.5 Å². The fourth-order valence-corrected chi connectivity index (χ4v) is 5.77. The number of hydrogen-bond acceptors (Lipinski definition) is 4. The summed E-state index contributed by atoms with van der Waals surface area (Å²) in [5.41, 5.74) is 2.35. The number of amides is 3. The van der Waals surface area contributed by atoms with E-state index in [-0.39, 0.29) is 24.3 Å². The lowest BCUT2D eigenvalue weighted by molar-refractivity contribution is -0.131. The molecule has 4 rings (SSSR count). The van der Waals surface area contributed by atoms with Crippen molar-refractivity contribution in [2.45, 2.75) is 58.5 Å². The van der Waals surface area contributed by atoms with E-state index in [1.54, 1.807) is 11.3 Å². The molecule has 6 nitrogen and oxygen atoms in total. The van der Waals surface area contributed by atoms with Crippen LogP contribution in [0.3, 0.4) is 0 Å². The van der Waals surface area contributed by atoms with Crippen molar-refractivity contribution in [2.24, 2.45) is 0 Å². The van der Waals surface area contributed by atoms with E-state index >= 15 is 0 Å². The molecule has 28 heavy (non-hydrogen) atoms. The van der Waals surface area contributed by atoms with Crippen molar-refractivity contribution < 1.29 is 14.4 Å². The lowest BCUT2D eigenvalue weighted by Crippen LogP contribution is -2.46. The van der Waals surface area contributed by atoms with Gasteiger partial charge < -0.3 is 9.88 Å². The molecule has 0 bridgehead atoms. The molecule has 7 heteroatoms. The Labute approximate surface area is 168 Å². The number of carbonyl (C=O) groups excluding carboxylic acids is 3. The minimum Gasteiger partial charge on any atom is -0.346 e. The van der Waals surface area contributed by atoms with Crippen molar-refractivity contribution >= 4 is 29.1 Å². The van der Waals surface area contributed by atoms with Crippen LogP contribution in [0.25, 0.3) is 0 Å². The Bertz CT molecular complexity index is 987. The number of imide groups is 1. The second kappa shape index (κ2) is 6.58. The highest BCUT2D eigenvalue weighted by Gasteiger charge is 2.54. The molecule has 148 valence electrons. The molecule has 1 saturated heterocycles. The third-order valence-electron chi connectivity index (χ3n) is 5.94. The summed E-state index contributed by atoms with van der Waals surface area (Å²) < 4.78 is 2.10. The third kappa shape index (κ3) is 2.64. The van der Waals surface area contributed by atoms with Crippen LogP contribution in [0.4, 0.5) is 4.79 Å². The first-order chi connectivity index (χ1) is 13.3. The molecule has 2 aromatic rings. The first-order valence-electron chi connectivity index (χ1n) is 9.69. The fourth-order valence-electron chi connectivity index (χ4n) is 4.77. The van der Waals surface area contributed by atoms with Crippen LogP contribution >= 0.6 is 11.3 Å². The van der Waals surface area contributed by atoms with E-state index in [2.05, 4.69) is 23.7 Å². The molecule has 1 N–H and O–H groups in total. The molecule has 2 aliphatic rings. The Morgan fingerprint density at radius 1 is 1.32 bits per heavy atom. The summed E-state index contributed by atoms with van der Waals surface area (Å²) in [7, 11) is 0. The maximum absolute atomic E-state index is 13.3. The SMILES string of the molecule is Cc1cc(C(=O)CN2C(=O)N[C@@]3(CCCc4sccc43)C2=O)c(C)n1C(C)C. The summed E-state index contributed by atoms with van der Waals surface area (Å²) in [4.78, 5) is 41.2. The molecule has 0 aromatic carbocycles. The smallest absolute Gasteiger partial charge is 0.325 e. The van der Waals surface area contributed by atoms with Crippen molar-refractivity contribution in [3.8, 4) is 0 Å². The molecule has 1 fully saturated rings. The quantitative estimate of drug-likeness (QED) is 0.629. The van der Waals surface area contributed by atoms with Gasteiger partial charge in [-0.05, 0) is 64.5 Å². The number of ketones is 1. The van der Waals surface area contributed by atoms with Crippen LogP contribution in [0.5, 0.6) is 0 Å². The number of hydrogen-bond donors (Lipinski definition) is 1. The van der Waals surface area contributed by atoms with Crippen molar-refractivity contribution in [3.63, 3.8) is 0 Å². The van der Waals surface area contributed by atoms with Gasteiger partial charge in [0.05, 0.1) is 6.54 Å². The van der Waals surface area contributed by atoms with Gasteiger partial charge in [-0.25, -0.2) is 4.79 Å². The van der Waals surface area contributed by atoms with E-state index in [1.807, 2.05) is 31.4 Å². The lowest BCUT2D eigenvalue weighted by atomic mass is 9.80. The topological polar surface area (TPSA) is 71.4 Å². The van der Waals surface area contributed by atoms with Gasteiger partial charge in [0.1, 0.15) is 5.54 Å². The highest BCUT2D eigenvalue weighted by atomic mass is 32.1. The molecule has 3 heterocycles. The molecule has 0 radical (unpaired) electrons. The zero-order valence-corrected chi connectivity index (χ0v) is 17.5.